The van der Waals surface area contributed by atoms with Crippen LogP contribution in [0.1, 0.15) is 40.5 Å². The average Bonchev–Trinajstić information content (AvgIpc) is 2.71. The Labute approximate surface area is 103 Å². The van der Waals surface area contributed by atoms with Gasteiger partial charge >= 0.3 is 0 Å². The van der Waals surface area contributed by atoms with E-state index in [9.17, 15) is 0 Å². The standard InChI is InChI=1S/C12H24N2OS/c1-6-12(7-2)9-16-10(14-12)13-8-11(3,4)15-5/h6-9H2,1-5H3,(H,13,14). The van der Waals surface area contributed by atoms with Crippen molar-refractivity contribution in [1.82, 2.24) is 5.32 Å². The molecule has 4 heteroatoms. The number of hydrogen-bond acceptors (Lipinski definition) is 3. The summed E-state index contributed by atoms with van der Waals surface area (Å²) >= 11 is 1.83. The third-order valence-electron chi connectivity index (χ3n) is 3.37. The van der Waals surface area contributed by atoms with E-state index in [1.165, 1.54) is 0 Å². The summed E-state index contributed by atoms with van der Waals surface area (Å²) in [7, 11) is 1.73. The van der Waals surface area contributed by atoms with Crippen LogP contribution in [0.5, 0.6) is 0 Å². The van der Waals surface area contributed by atoms with Crippen molar-refractivity contribution < 1.29 is 4.74 Å². The topological polar surface area (TPSA) is 33.6 Å². The lowest BCUT2D eigenvalue weighted by atomic mass is 9.96. The Morgan fingerprint density at radius 2 is 2.06 bits per heavy atom. The normalized spacial score (nSPS) is 22.4. The van der Waals surface area contributed by atoms with Crippen LogP contribution >= 0.6 is 11.8 Å². The molecule has 1 N–H and O–H groups in total. The van der Waals surface area contributed by atoms with E-state index in [-0.39, 0.29) is 11.1 Å². The average molecular weight is 244 g/mol. The van der Waals surface area contributed by atoms with Crippen molar-refractivity contribution in [2.45, 2.75) is 51.7 Å². The molecule has 0 unspecified atom stereocenters. The molecule has 94 valence electrons. The molecular weight excluding hydrogens is 220 g/mol. The molecule has 1 saturated heterocycles. The molecule has 1 rings (SSSR count). The van der Waals surface area contributed by atoms with E-state index in [0.29, 0.717) is 6.54 Å². The Bertz CT molecular complexity index is 260. The summed E-state index contributed by atoms with van der Waals surface area (Å²) in [6, 6.07) is 0. The molecule has 0 amide bonds. The van der Waals surface area contributed by atoms with Crippen molar-refractivity contribution in [3.8, 4) is 0 Å². The van der Waals surface area contributed by atoms with Crippen molar-refractivity contribution in [2.24, 2.45) is 4.99 Å². The van der Waals surface area contributed by atoms with Crippen molar-refractivity contribution in [1.29, 1.82) is 0 Å². The Hall–Kier alpha value is -0.220. The highest BCUT2D eigenvalue weighted by Gasteiger charge is 2.33. The second-order valence-corrected chi connectivity index (χ2v) is 5.95. The fourth-order valence-corrected chi connectivity index (χ4v) is 2.89. The van der Waals surface area contributed by atoms with E-state index in [4.69, 9.17) is 4.74 Å². The van der Waals surface area contributed by atoms with E-state index in [0.717, 1.165) is 23.8 Å². The first-order valence-corrected chi connectivity index (χ1v) is 6.96. The smallest absolute Gasteiger partial charge is 0.157 e. The molecule has 0 atom stereocenters. The highest BCUT2D eigenvalue weighted by Crippen LogP contribution is 2.29. The first-order valence-electron chi connectivity index (χ1n) is 5.97. The Kier molecular flexibility index (Phi) is 4.68. The number of methoxy groups -OCH3 is 1. The lowest BCUT2D eigenvalue weighted by Crippen LogP contribution is -2.42. The highest BCUT2D eigenvalue weighted by atomic mass is 32.2. The van der Waals surface area contributed by atoms with Crippen LogP contribution in [0, 0.1) is 0 Å². The van der Waals surface area contributed by atoms with Gasteiger partial charge in [0.1, 0.15) is 0 Å². The molecule has 0 bridgehead atoms. The second kappa shape index (κ2) is 5.41. The van der Waals surface area contributed by atoms with Crippen molar-refractivity contribution in [3.63, 3.8) is 0 Å². The lowest BCUT2D eigenvalue weighted by molar-refractivity contribution is 0.0312. The summed E-state index contributed by atoms with van der Waals surface area (Å²) in [5.41, 5.74) is 0.0969. The van der Waals surface area contributed by atoms with Gasteiger partial charge in [-0.1, -0.05) is 25.6 Å². The molecule has 0 aliphatic carbocycles. The van der Waals surface area contributed by atoms with Gasteiger partial charge in [-0.3, -0.25) is 4.99 Å². The first-order chi connectivity index (χ1) is 7.47. The number of aliphatic imine (C=N–C) groups is 1. The molecule has 0 radical (unpaired) electrons. The predicted molar refractivity (Wildman–Crippen MR) is 72.3 cm³/mol. The van der Waals surface area contributed by atoms with Crippen LogP contribution in [-0.4, -0.2) is 35.7 Å². The quantitative estimate of drug-likeness (QED) is 0.807. The van der Waals surface area contributed by atoms with E-state index in [1.807, 2.05) is 11.8 Å². The van der Waals surface area contributed by atoms with Crippen LogP contribution in [0.15, 0.2) is 4.99 Å². The van der Waals surface area contributed by atoms with Gasteiger partial charge in [0, 0.05) is 18.4 Å². The SMILES string of the molecule is CCC1(CC)CSC(=NCC(C)(C)OC)N1. The van der Waals surface area contributed by atoms with Gasteiger partial charge in [-0.2, -0.15) is 0 Å². The number of rotatable bonds is 5. The van der Waals surface area contributed by atoms with Crippen LogP contribution in [0.25, 0.3) is 0 Å². The Balaban J connectivity index is 2.56. The van der Waals surface area contributed by atoms with Gasteiger partial charge in [-0.25, -0.2) is 0 Å². The van der Waals surface area contributed by atoms with Crippen LogP contribution in [0.4, 0.5) is 0 Å². The maximum absolute atomic E-state index is 5.36. The van der Waals surface area contributed by atoms with Gasteiger partial charge in [-0.05, 0) is 26.7 Å². The fourth-order valence-electron chi connectivity index (χ4n) is 1.55. The molecule has 3 nitrogen and oxygen atoms in total. The number of hydrogen-bond donors (Lipinski definition) is 1. The van der Waals surface area contributed by atoms with E-state index in [2.05, 4.69) is 38.0 Å². The molecule has 0 saturated carbocycles. The molecule has 1 aliphatic rings. The van der Waals surface area contributed by atoms with Gasteiger partial charge in [0.15, 0.2) is 5.17 Å². The van der Waals surface area contributed by atoms with Crippen LogP contribution in [0.3, 0.4) is 0 Å². The van der Waals surface area contributed by atoms with Crippen LogP contribution < -0.4 is 5.32 Å². The largest absolute Gasteiger partial charge is 0.377 e. The van der Waals surface area contributed by atoms with Crippen LogP contribution in [-0.2, 0) is 4.74 Å². The zero-order valence-electron chi connectivity index (χ0n) is 11.1. The molecule has 0 aromatic carbocycles. The highest BCUT2D eigenvalue weighted by molar-refractivity contribution is 8.14. The number of nitrogens with one attached hydrogen (secondary N) is 1. The minimum atomic E-state index is -0.168. The predicted octanol–water partition coefficient (Wildman–Crippen LogP) is 2.66. The molecule has 0 spiro atoms. The summed E-state index contributed by atoms with van der Waals surface area (Å²) in [6.45, 7) is 9.30. The molecule has 1 fully saturated rings. The van der Waals surface area contributed by atoms with Crippen molar-refractivity contribution >= 4 is 16.9 Å². The molecule has 0 aromatic rings. The Morgan fingerprint density at radius 3 is 2.50 bits per heavy atom. The Morgan fingerprint density at radius 1 is 1.44 bits per heavy atom. The first kappa shape index (κ1) is 13.8. The van der Waals surface area contributed by atoms with E-state index < -0.39 is 0 Å². The third kappa shape index (κ3) is 3.39. The van der Waals surface area contributed by atoms with Gasteiger partial charge < -0.3 is 10.1 Å². The number of nitrogens with zero attached hydrogens (tertiary/aromatic N) is 1. The third-order valence-corrected chi connectivity index (χ3v) is 4.57. The summed E-state index contributed by atoms with van der Waals surface area (Å²) in [6.07, 6.45) is 2.31. The van der Waals surface area contributed by atoms with Crippen LogP contribution in [0.2, 0.25) is 0 Å². The summed E-state index contributed by atoms with van der Waals surface area (Å²) in [5, 5.41) is 4.64. The fraction of sp³-hybridized carbons (Fsp3) is 0.917. The summed E-state index contributed by atoms with van der Waals surface area (Å²) < 4.78 is 5.36. The number of ether oxygens (including phenoxy) is 1. The zero-order chi connectivity index (χ0) is 12.2. The summed E-state index contributed by atoms with van der Waals surface area (Å²) in [5.74, 6) is 1.13. The molecule has 1 heterocycles. The maximum atomic E-state index is 5.36. The maximum Gasteiger partial charge on any atom is 0.157 e. The minimum Gasteiger partial charge on any atom is -0.377 e. The molecule has 16 heavy (non-hydrogen) atoms. The minimum absolute atomic E-state index is 0.168. The van der Waals surface area contributed by atoms with E-state index >= 15 is 0 Å². The molecule has 1 aliphatic heterocycles. The number of thioether (sulfide) groups is 1. The van der Waals surface area contributed by atoms with Crippen molar-refractivity contribution in [2.75, 3.05) is 19.4 Å². The van der Waals surface area contributed by atoms with Gasteiger partial charge in [0.2, 0.25) is 0 Å². The summed E-state index contributed by atoms with van der Waals surface area (Å²) in [4.78, 5) is 4.60. The zero-order valence-corrected chi connectivity index (χ0v) is 11.9. The van der Waals surface area contributed by atoms with Gasteiger partial charge in [0.25, 0.3) is 0 Å². The molecule has 0 aromatic heterocycles. The monoisotopic (exact) mass is 244 g/mol. The lowest BCUT2D eigenvalue weighted by Gasteiger charge is -2.25. The van der Waals surface area contributed by atoms with Gasteiger partial charge in [0.05, 0.1) is 12.1 Å². The van der Waals surface area contributed by atoms with Gasteiger partial charge in [-0.15, -0.1) is 0 Å². The van der Waals surface area contributed by atoms with E-state index in [1.54, 1.807) is 7.11 Å². The second-order valence-electron chi connectivity index (χ2n) is 4.99. The van der Waals surface area contributed by atoms with Crippen molar-refractivity contribution in [3.05, 3.63) is 0 Å². The molecular formula is C12H24N2OS. The number of amidine groups is 1.